The molecular weight excluding hydrogens is 220 g/mol. The number of hydrogen-bond donors (Lipinski definition) is 1. The third-order valence-corrected chi connectivity index (χ3v) is 3.49. The first-order chi connectivity index (χ1) is 8.83. The van der Waals surface area contributed by atoms with E-state index >= 15 is 0 Å². The molecule has 0 bridgehead atoms. The molecule has 0 heterocycles. The first kappa shape index (κ1) is 11.1. The Morgan fingerprint density at radius 2 is 1.67 bits per heavy atom. The number of hydrogen-bond acceptors (Lipinski definition) is 1. The molecular formula is C17H16O. The Hall–Kier alpha value is -2.02. The van der Waals surface area contributed by atoms with Gasteiger partial charge in [0.05, 0.1) is 0 Å². The van der Waals surface area contributed by atoms with Crippen molar-refractivity contribution < 1.29 is 5.11 Å². The van der Waals surface area contributed by atoms with Crippen molar-refractivity contribution in [3.63, 3.8) is 0 Å². The van der Waals surface area contributed by atoms with E-state index in [4.69, 9.17) is 0 Å². The van der Waals surface area contributed by atoms with Crippen molar-refractivity contribution in [2.75, 3.05) is 0 Å². The summed E-state index contributed by atoms with van der Waals surface area (Å²) in [5.74, 6) is 0.321. The van der Waals surface area contributed by atoms with Gasteiger partial charge in [0.1, 0.15) is 5.75 Å². The summed E-state index contributed by atoms with van der Waals surface area (Å²) in [5.41, 5.74) is 5.40. The molecule has 2 aromatic carbocycles. The summed E-state index contributed by atoms with van der Waals surface area (Å²) in [4.78, 5) is 0. The summed E-state index contributed by atoms with van der Waals surface area (Å²) in [7, 11) is 0. The normalized spacial score (nSPS) is 16.6. The van der Waals surface area contributed by atoms with E-state index in [1.807, 2.05) is 12.1 Å². The van der Waals surface area contributed by atoms with Crippen LogP contribution in [0.2, 0.25) is 0 Å². The minimum Gasteiger partial charge on any atom is -0.508 e. The number of fused-ring (bicyclic) bond motifs is 1. The molecule has 3 rings (SSSR count). The van der Waals surface area contributed by atoms with Crippen molar-refractivity contribution in [3.05, 3.63) is 65.2 Å². The van der Waals surface area contributed by atoms with Gasteiger partial charge in [-0.3, -0.25) is 0 Å². The maximum absolute atomic E-state index is 9.30. The van der Waals surface area contributed by atoms with E-state index < -0.39 is 0 Å². The first-order valence-electron chi connectivity index (χ1n) is 6.41. The monoisotopic (exact) mass is 236 g/mol. The van der Waals surface area contributed by atoms with Gasteiger partial charge >= 0.3 is 0 Å². The summed E-state index contributed by atoms with van der Waals surface area (Å²) in [6.07, 6.45) is 5.78. The zero-order valence-corrected chi connectivity index (χ0v) is 10.3. The van der Waals surface area contributed by atoms with Crippen LogP contribution in [0.15, 0.2) is 48.5 Å². The smallest absolute Gasteiger partial charge is 0.115 e. The van der Waals surface area contributed by atoms with Gasteiger partial charge in [-0.1, -0.05) is 42.5 Å². The molecule has 0 radical (unpaired) electrons. The second-order valence-electron chi connectivity index (χ2n) is 4.77. The van der Waals surface area contributed by atoms with Crippen molar-refractivity contribution in [3.8, 4) is 5.75 Å². The van der Waals surface area contributed by atoms with E-state index in [0.29, 0.717) is 5.75 Å². The topological polar surface area (TPSA) is 20.2 Å². The second-order valence-corrected chi connectivity index (χ2v) is 4.77. The van der Waals surface area contributed by atoms with Gasteiger partial charge in [-0.15, -0.1) is 0 Å². The summed E-state index contributed by atoms with van der Waals surface area (Å²) in [6.45, 7) is 0. The zero-order chi connectivity index (χ0) is 12.4. The molecule has 18 heavy (non-hydrogen) atoms. The number of rotatable bonds is 1. The van der Waals surface area contributed by atoms with Crippen LogP contribution in [0.3, 0.4) is 0 Å². The molecule has 0 amide bonds. The van der Waals surface area contributed by atoms with Gasteiger partial charge in [-0.2, -0.15) is 0 Å². The Balaban J connectivity index is 2.00. The van der Waals surface area contributed by atoms with Crippen molar-refractivity contribution in [1.82, 2.24) is 0 Å². The second kappa shape index (κ2) is 4.69. The highest BCUT2D eigenvalue weighted by molar-refractivity contribution is 5.83. The summed E-state index contributed by atoms with van der Waals surface area (Å²) >= 11 is 0. The Bertz CT molecular complexity index is 579. The van der Waals surface area contributed by atoms with Crippen LogP contribution in [0.5, 0.6) is 5.75 Å². The molecule has 2 aromatic rings. The molecule has 0 aromatic heterocycles. The molecule has 1 aliphatic rings. The number of allylic oxidation sites excluding steroid dienone is 1. The van der Waals surface area contributed by atoms with Crippen LogP contribution >= 0.6 is 0 Å². The minimum atomic E-state index is 0.321. The number of benzene rings is 2. The Kier molecular flexibility index (Phi) is 2.89. The fourth-order valence-electron chi connectivity index (χ4n) is 2.58. The molecule has 1 nitrogen and oxygen atoms in total. The lowest BCUT2D eigenvalue weighted by molar-refractivity contribution is 0.475. The third-order valence-electron chi connectivity index (χ3n) is 3.49. The number of phenolic OH excluding ortho intramolecular Hbond substituents is 1. The lowest BCUT2D eigenvalue weighted by Gasteiger charge is -2.18. The molecule has 1 N–H and O–H groups in total. The molecule has 0 saturated carbocycles. The summed E-state index contributed by atoms with van der Waals surface area (Å²) in [6, 6.07) is 16.0. The van der Waals surface area contributed by atoms with Gasteiger partial charge < -0.3 is 5.11 Å². The van der Waals surface area contributed by atoms with Gasteiger partial charge in [0.15, 0.2) is 0 Å². The highest BCUT2D eigenvalue weighted by Gasteiger charge is 2.12. The van der Waals surface area contributed by atoms with E-state index in [0.717, 1.165) is 12.0 Å². The van der Waals surface area contributed by atoms with Crippen LogP contribution in [0, 0.1) is 0 Å². The van der Waals surface area contributed by atoms with Crippen molar-refractivity contribution in [2.24, 2.45) is 0 Å². The lowest BCUT2D eigenvalue weighted by Crippen LogP contribution is -2.00. The van der Waals surface area contributed by atoms with Gasteiger partial charge in [0.2, 0.25) is 0 Å². The van der Waals surface area contributed by atoms with Crippen molar-refractivity contribution in [2.45, 2.75) is 19.3 Å². The maximum Gasteiger partial charge on any atom is 0.115 e. The zero-order valence-electron chi connectivity index (χ0n) is 10.3. The Labute approximate surface area is 107 Å². The van der Waals surface area contributed by atoms with Crippen LogP contribution < -0.4 is 0 Å². The van der Waals surface area contributed by atoms with E-state index in [1.165, 1.54) is 29.5 Å². The van der Waals surface area contributed by atoms with Crippen LogP contribution in [-0.2, 0) is 6.42 Å². The molecule has 1 heteroatoms. The van der Waals surface area contributed by atoms with Gasteiger partial charge in [-0.05, 0) is 53.7 Å². The predicted octanol–water partition coefficient (Wildman–Crippen LogP) is 4.27. The lowest BCUT2D eigenvalue weighted by atomic mass is 9.86. The summed E-state index contributed by atoms with van der Waals surface area (Å²) in [5, 5.41) is 9.30. The van der Waals surface area contributed by atoms with Gasteiger partial charge in [0, 0.05) is 0 Å². The van der Waals surface area contributed by atoms with Crippen molar-refractivity contribution >= 4 is 11.6 Å². The first-order valence-corrected chi connectivity index (χ1v) is 6.41. The molecule has 0 aliphatic heterocycles. The Morgan fingerprint density at radius 1 is 0.889 bits per heavy atom. The van der Waals surface area contributed by atoms with E-state index in [1.54, 1.807) is 12.1 Å². The van der Waals surface area contributed by atoms with Crippen LogP contribution in [0.1, 0.15) is 29.5 Å². The maximum atomic E-state index is 9.30. The largest absolute Gasteiger partial charge is 0.508 e. The van der Waals surface area contributed by atoms with Crippen molar-refractivity contribution in [1.29, 1.82) is 0 Å². The fraction of sp³-hybridized carbons (Fsp3) is 0.176. The average Bonchev–Trinajstić information content (AvgIpc) is 2.42. The molecule has 1 aliphatic carbocycles. The quantitative estimate of drug-likeness (QED) is 0.784. The third kappa shape index (κ3) is 2.17. The number of aryl methyl sites for hydroxylation is 1. The standard InChI is InChI=1S/C17H16O/c18-16-10-8-13(9-11-16)12-15-6-3-5-14-4-1-2-7-17(14)15/h1-2,4,7-12,18H,3,5-6H2/b15-12+. The molecule has 90 valence electrons. The van der Waals surface area contributed by atoms with E-state index in [2.05, 4.69) is 30.3 Å². The van der Waals surface area contributed by atoms with Crippen LogP contribution in [0.25, 0.3) is 11.6 Å². The van der Waals surface area contributed by atoms with Gasteiger partial charge in [0.25, 0.3) is 0 Å². The van der Waals surface area contributed by atoms with E-state index in [-0.39, 0.29) is 0 Å². The van der Waals surface area contributed by atoms with Crippen LogP contribution in [0.4, 0.5) is 0 Å². The molecule has 0 saturated heterocycles. The molecule has 0 fully saturated rings. The number of phenols is 1. The number of aromatic hydroxyl groups is 1. The highest BCUT2D eigenvalue weighted by Crippen LogP contribution is 2.32. The SMILES string of the molecule is Oc1ccc(/C=C2\CCCc3ccccc32)cc1. The Morgan fingerprint density at radius 3 is 2.50 bits per heavy atom. The fourth-order valence-corrected chi connectivity index (χ4v) is 2.58. The molecule has 0 atom stereocenters. The highest BCUT2D eigenvalue weighted by atomic mass is 16.3. The molecule has 0 unspecified atom stereocenters. The summed E-state index contributed by atoms with van der Waals surface area (Å²) < 4.78 is 0. The van der Waals surface area contributed by atoms with Gasteiger partial charge in [-0.25, -0.2) is 0 Å². The van der Waals surface area contributed by atoms with Crippen LogP contribution in [-0.4, -0.2) is 5.11 Å². The minimum absolute atomic E-state index is 0.321. The van der Waals surface area contributed by atoms with E-state index in [9.17, 15) is 5.11 Å². The average molecular weight is 236 g/mol. The molecule has 0 spiro atoms. The predicted molar refractivity (Wildman–Crippen MR) is 75.4 cm³/mol.